The second kappa shape index (κ2) is 4.47. The first-order valence-electron chi connectivity index (χ1n) is 4.90. The molecule has 0 fully saturated rings. The number of aryl methyl sites for hydroxylation is 2. The molecular formula is C12H19NO. The van der Waals surface area contributed by atoms with Crippen molar-refractivity contribution in [1.82, 2.24) is 5.32 Å². The highest BCUT2D eigenvalue weighted by molar-refractivity contribution is 5.49. The first-order chi connectivity index (χ1) is 6.61. The fraction of sp³-hybridized carbons (Fsp3) is 0.500. The van der Waals surface area contributed by atoms with E-state index in [4.69, 9.17) is 4.74 Å². The van der Waals surface area contributed by atoms with E-state index in [1.54, 1.807) is 7.11 Å². The lowest BCUT2D eigenvalue weighted by Crippen LogP contribution is -2.09. The minimum Gasteiger partial charge on any atom is -0.496 e. The topological polar surface area (TPSA) is 21.3 Å². The summed E-state index contributed by atoms with van der Waals surface area (Å²) in [5, 5.41) is 3.17. The van der Waals surface area contributed by atoms with Gasteiger partial charge in [0.05, 0.1) is 7.11 Å². The Kier molecular flexibility index (Phi) is 3.53. The molecule has 0 bridgehead atoms. The molecule has 2 heteroatoms. The second-order valence-corrected chi connectivity index (χ2v) is 3.68. The smallest absolute Gasteiger partial charge is 0.126 e. The van der Waals surface area contributed by atoms with Gasteiger partial charge in [-0.3, -0.25) is 0 Å². The monoisotopic (exact) mass is 193 g/mol. The van der Waals surface area contributed by atoms with Crippen LogP contribution in [-0.4, -0.2) is 14.2 Å². The summed E-state index contributed by atoms with van der Waals surface area (Å²) in [6.07, 6.45) is 0. The van der Waals surface area contributed by atoms with Crippen LogP contribution in [0.2, 0.25) is 0 Å². The number of methoxy groups -OCH3 is 1. The maximum atomic E-state index is 5.45. The Morgan fingerprint density at radius 2 is 1.86 bits per heavy atom. The van der Waals surface area contributed by atoms with Gasteiger partial charge in [-0.1, -0.05) is 6.07 Å². The third kappa shape index (κ3) is 1.90. The normalized spacial score (nSPS) is 10.4. The highest BCUT2D eigenvalue weighted by atomic mass is 16.5. The predicted octanol–water partition coefficient (Wildman–Crippen LogP) is 2.34. The van der Waals surface area contributed by atoms with Crippen molar-refractivity contribution in [2.24, 2.45) is 0 Å². The summed E-state index contributed by atoms with van der Waals surface area (Å²) < 4.78 is 5.45. The minimum absolute atomic E-state index is 0.857. The lowest BCUT2D eigenvalue weighted by Gasteiger charge is -2.16. The molecule has 78 valence electrons. The Labute approximate surface area is 86.3 Å². The van der Waals surface area contributed by atoms with E-state index in [0.717, 1.165) is 12.3 Å². The Morgan fingerprint density at radius 3 is 2.36 bits per heavy atom. The van der Waals surface area contributed by atoms with Gasteiger partial charge in [0, 0.05) is 12.1 Å². The fourth-order valence-electron chi connectivity index (χ4n) is 1.78. The highest BCUT2D eigenvalue weighted by Crippen LogP contribution is 2.29. The van der Waals surface area contributed by atoms with Crippen LogP contribution in [-0.2, 0) is 6.54 Å². The number of benzene rings is 1. The van der Waals surface area contributed by atoms with Crippen LogP contribution in [0.15, 0.2) is 6.07 Å². The molecule has 1 aromatic rings. The molecule has 0 saturated heterocycles. The van der Waals surface area contributed by atoms with E-state index in [-0.39, 0.29) is 0 Å². The van der Waals surface area contributed by atoms with Crippen LogP contribution in [0.5, 0.6) is 5.75 Å². The molecule has 0 amide bonds. The summed E-state index contributed by atoms with van der Waals surface area (Å²) in [5.74, 6) is 1.02. The summed E-state index contributed by atoms with van der Waals surface area (Å²) in [6, 6.07) is 2.21. The van der Waals surface area contributed by atoms with E-state index in [0.29, 0.717) is 0 Å². The molecule has 0 unspecified atom stereocenters. The zero-order valence-corrected chi connectivity index (χ0v) is 9.69. The number of hydrogen-bond donors (Lipinski definition) is 1. The number of hydrogen-bond acceptors (Lipinski definition) is 2. The van der Waals surface area contributed by atoms with E-state index in [2.05, 4.69) is 32.2 Å². The SMILES string of the molecule is CNCc1c(C)cc(C)c(C)c1OC. The molecule has 2 nitrogen and oxygen atoms in total. The van der Waals surface area contributed by atoms with Crippen molar-refractivity contribution in [3.63, 3.8) is 0 Å². The minimum atomic E-state index is 0.857. The van der Waals surface area contributed by atoms with Crippen molar-refractivity contribution in [3.8, 4) is 5.75 Å². The second-order valence-electron chi connectivity index (χ2n) is 3.68. The third-order valence-corrected chi connectivity index (χ3v) is 2.67. The van der Waals surface area contributed by atoms with E-state index in [9.17, 15) is 0 Å². The van der Waals surface area contributed by atoms with Crippen LogP contribution in [0.25, 0.3) is 0 Å². The quantitative estimate of drug-likeness (QED) is 0.795. The maximum Gasteiger partial charge on any atom is 0.126 e. The average molecular weight is 193 g/mol. The molecule has 0 spiro atoms. The molecule has 0 aliphatic rings. The summed E-state index contributed by atoms with van der Waals surface area (Å²) in [4.78, 5) is 0. The van der Waals surface area contributed by atoms with Crippen LogP contribution >= 0.6 is 0 Å². The average Bonchev–Trinajstić information content (AvgIpc) is 2.15. The molecule has 0 atom stereocenters. The van der Waals surface area contributed by atoms with Gasteiger partial charge in [-0.2, -0.15) is 0 Å². The van der Waals surface area contributed by atoms with Gasteiger partial charge in [0.2, 0.25) is 0 Å². The third-order valence-electron chi connectivity index (χ3n) is 2.67. The van der Waals surface area contributed by atoms with Crippen LogP contribution in [0.1, 0.15) is 22.3 Å². The van der Waals surface area contributed by atoms with Gasteiger partial charge in [0.1, 0.15) is 5.75 Å². The standard InChI is InChI=1S/C12H19NO/c1-8-6-9(2)11(7-13-4)12(14-5)10(8)3/h6,13H,7H2,1-5H3. The molecule has 0 aliphatic heterocycles. The van der Waals surface area contributed by atoms with Crippen molar-refractivity contribution in [3.05, 3.63) is 28.3 Å². The first kappa shape index (κ1) is 11.1. The van der Waals surface area contributed by atoms with Gasteiger partial charge >= 0.3 is 0 Å². The predicted molar refractivity (Wildman–Crippen MR) is 60.0 cm³/mol. The molecule has 0 saturated carbocycles. The molecule has 1 aromatic carbocycles. The van der Waals surface area contributed by atoms with E-state index >= 15 is 0 Å². The van der Waals surface area contributed by atoms with Crippen LogP contribution in [0.4, 0.5) is 0 Å². The summed E-state index contributed by atoms with van der Waals surface area (Å²) >= 11 is 0. The summed E-state index contributed by atoms with van der Waals surface area (Å²) in [5.41, 5.74) is 5.08. The molecule has 1 N–H and O–H groups in total. The number of rotatable bonds is 3. The van der Waals surface area contributed by atoms with Crippen molar-refractivity contribution in [2.45, 2.75) is 27.3 Å². The maximum absolute atomic E-state index is 5.45. The van der Waals surface area contributed by atoms with Gasteiger partial charge in [-0.05, 0) is 44.5 Å². The van der Waals surface area contributed by atoms with Gasteiger partial charge in [0.25, 0.3) is 0 Å². The molecule has 14 heavy (non-hydrogen) atoms. The lowest BCUT2D eigenvalue weighted by molar-refractivity contribution is 0.404. The van der Waals surface area contributed by atoms with Crippen LogP contribution in [0.3, 0.4) is 0 Å². The zero-order valence-electron chi connectivity index (χ0n) is 9.69. The fourth-order valence-corrected chi connectivity index (χ4v) is 1.78. The van der Waals surface area contributed by atoms with Crippen LogP contribution in [0, 0.1) is 20.8 Å². The van der Waals surface area contributed by atoms with E-state index in [1.165, 1.54) is 22.3 Å². The van der Waals surface area contributed by atoms with Crippen LogP contribution < -0.4 is 10.1 Å². The molecule has 0 aliphatic carbocycles. The van der Waals surface area contributed by atoms with Crippen molar-refractivity contribution in [1.29, 1.82) is 0 Å². The molecule has 0 radical (unpaired) electrons. The molecule has 0 heterocycles. The largest absolute Gasteiger partial charge is 0.496 e. The van der Waals surface area contributed by atoms with Crippen molar-refractivity contribution >= 4 is 0 Å². The van der Waals surface area contributed by atoms with Gasteiger partial charge in [-0.15, -0.1) is 0 Å². The number of nitrogens with one attached hydrogen (secondary N) is 1. The lowest BCUT2D eigenvalue weighted by atomic mass is 9.99. The molecular weight excluding hydrogens is 174 g/mol. The van der Waals surface area contributed by atoms with E-state index < -0.39 is 0 Å². The Hall–Kier alpha value is -1.02. The summed E-state index contributed by atoms with van der Waals surface area (Å²) in [6.45, 7) is 7.21. The van der Waals surface area contributed by atoms with Gasteiger partial charge in [0.15, 0.2) is 0 Å². The number of ether oxygens (including phenoxy) is 1. The summed E-state index contributed by atoms with van der Waals surface area (Å²) in [7, 11) is 3.69. The molecule has 1 rings (SSSR count). The Morgan fingerprint density at radius 1 is 1.21 bits per heavy atom. The van der Waals surface area contributed by atoms with Gasteiger partial charge in [-0.25, -0.2) is 0 Å². The Balaban J connectivity index is 3.31. The highest BCUT2D eigenvalue weighted by Gasteiger charge is 2.10. The Bertz CT molecular complexity index is 332. The van der Waals surface area contributed by atoms with E-state index in [1.807, 2.05) is 7.05 Å². The molecule has 0 aromatic heterocycles. The van der Waals surface area contributed by atoms with Crippen molar-refractivity contribution in [2.75, 3.05) is 14.2 Å². The zero-order chi connectivity index (χ0) is 10.7. The van der Waals surface area contributed by atoms with Crippen molar-refractivity contribution < 1.29 is 4.74 Å². The first-order valence-corrected chi connectivity index (χ1v) is 4.90. The van der Waals surface area contributed by atoms with Gasteiger partial charge < -0.3 is 10.1 Å².